The summed E-state index contributed by atoms with van der Waals surface area (Å²) in [7, 11) is 0. The standard InChI is InChI=1S/C37H38FN5O3/c1-2-22-4-3-5-23-12-28(44)13-31(32(22)23)29-8-9-30-34(33(29)38)40-36(41-35(30)43-16-26-6-7-27(17-43)39-26)46-21-37(10-11-37)20-42-14-24-18-45-19-25(24)15-42/h1,3-5,8-9,12-13,24-27,39,44H,6-7,10-11,14-21H2/t24-,25+,26?,27?. The van der Waals surface area contributed by atoms with Gasteiger partial charge in [0.15, 0.2) is 5.82 Å². The van der Waals surface area contributed by atoms with Crippen molar-refractivity contribution < 1.29 is 19.0 Å². The third-order valence-electron chi connectivity index (χ3n) is 11.0. The minimum Gasteiger partial charge on any atom is -0.508 e. The van der Waals surface area contributed by atoms with Crippen LogP contribution in [0.25, 0.3) is 32.8 Å². The molecule has 1 aliphatic carbocycles. The highest BCUT2D eigenvalue weighted by molar-refractivity contribution is 6.04. The summed E-state index contributed by atoms with van der Waals surface area (Å²) in [6.07, 6.45) is 10.3. The van der Waals surface area contributed by atoms with E-state index in [9.17, 15) is 5.11 Å². The maximum atomic E-state index is 16.9. The van der Waals surface area contributed by atoms with Crippen molar-refractivity contribution in [3.63, 3.8) is 0 Å². The molecule has 5 fully saturated rings. The fourth-order valence-electron chi connectivity index (χ4n) is 8.48. The third-order valence-corrected chi connectivity index (χ3v) is 11.0. The van der Waals surface area contributed by atoms with Gasteiger partial charge >= 0.3 is 6.01 Å². The van der Waals surface area contributed by atoms with Crippen LogP contribution in [0.3, 0.4) is 0 Å². The molecule has 4 aromatic rings. The molecule has 1 aromatic heterocycles. The smallest absolute Gasteiger partial charge is 0.319 e. The molecule has 2 N–H and O–H groups in total. The summed E-state index contributed by atoms with van der Waals surface area (Å²) in [5.74, 6) is 4.31. The molecule has 5 aliphatic rings. The van der Waals surface area contributed by atoms with Gasteiger partial charge in [-0.05, 0) is 60.9 Å². The summed E-state index contributed by atoms with van der Waals surface area (Å²) in [6, 6.07) is 13.4. The summed E-state index contributed by atoms with van der Waals surface area (Å²) >= 11 is 0. The summed E-state index contributed by atoms with van der Waals surface area (Å²) in [5.41, 5.74) is 1.80. The zero-order valence-electron chi connectivity index (χ0n) is 25.8. The van der Waals surface area contributed by atoms with Gasteiger partial charge in [-0.1, -0.05) is 24.1 Å². The molecule has 2 bridgehead atoms. The van der Waals surface area contributed by atoms with Crippen LogP contribution in [0.5, 0.6) is 11.8 Å². The quantitative estimate of drug-likeness (QED) is 0.281. The van der Waals surface area contributed by atoms with Crippen molar-refractivity contribution >= 4 is 27.5 Å². The second-order valence-electron chi connectivity index (χ2n) is 14.3. The van der Waals surface area contributed by atoms with E-state index in [0.717, 1.165) is 82.4 Å². The third kappa shape index (κ3) is 4.86. The number of halogens is 1. The topological polar surface area (TPSA) is 83.0 Å². The van der Waals surface area contributed by atoms with Crippen LogP contribution in [0.2, 0.25) is 0 Å². The normalized spacial score (nSPS) is 26.5. The van der Waals surface area contributed by atoms with Gasteiger partial charge in [0.1, 0.15) is 17.1 Å². The SMILES string of the molecule is C#Cc1cccc2cc(O)cc(-c3ccc4c(N5CC6CCC(C5)N6)nc(OCC5(CN6C[C@H]7COC[C@H]7C6)CC5)nc4c3F)c12. The molecule has 0 spiro atoms. The molecule has 236 valence electrons. The Morgan fingerprint density at radius 2 is 1.80 bits per heavy atom. The van der Waals surface area contributed by atoms with Gasteiger partial charge < -0.3 is 29.7 Å². The van der Waals surface area contributed by atoms with Crippen molar-refractivity contribution in [3.05, 3.63) is 53.8 Å². The van der Waals surface area contributed by atoms with Crippen LogP contribution < -0.4 is 15.0 Å². The molecule has 46 heavy (non-hydrogen) atoms. The largest absolute Gasteiger partial charge is 0.508 e. The lowest BCUT2D eigenvalue weighted by atomic mass is 9.93. The number of nitrogens with zero attached hydrogens (tertiary/aromatic N) is 4. The van der Waals surface area contributed by atoms with Crippen LogP contribution in [0.1, 0.15) is 31.2 Å². The molecule has 0 amide bonds. The van der Waals surface area contributed by atoms with Crippen molar-refractivity contribution in [3.8, 4) is 35.2 Å². The van der Waals surface area contributed by atoms with Gasteiger partial charge in [0.05, 0.1) is 19.8 Å². The molecule has 4 atom stereocenters. The van der Waals surface area contributed by atoms with E-state index < -0.39 is 5.82 Å². The van der Waals surface area contributed by atoms with E-state index in [-0.39, 0.29) is 22.7 Å². The lowest BCUT2D eigenvalue weighted by Gasteiger charge is -2.34. The van der Waals surface area contributed by atoms with Crippen LogP contribution in [-0.2, 0) is 4.74 Å². The predicted octanol–water partition coefficient (Wildman–Crippen LogP) is 4.95. The summed E-state index contributed by atoms with van der Waals surface area (Å²) in [5, 5.41) is 16.4. The molecule has 4 saturated heterocycles. The van der Waals surface area contributed by atoms with E-state index in [1.165, 1.54) is 0 Å². The van der Waals surface area contributed by atoms with Crippen molar-refractivity contribution in [1.29, 1.82) is 0 Å². The molecule has 9 rings (SSSR count). The van der Waals surface area contributed by atoms with Gasteiger partial charge in [0, 0.05) is 84.0 Å². The molecule has 3 aromatic carbocycles. The molecule has 5 heterocycles. The number of aromatic hydroxyl groups is 1. The molecular formula is C37H38FN5O3. The number of likely N-dealkylation sites (tertiary alicyclic amines) is 1. The molecule has 2 unspecified atom stereocenters. The van der Waals surface area contributed by atoms with Gasteiger partial charge in [-0.2, -0.15) is 9.97 Å². The first-order valence-electron chi connectivity index (χ1n) is 16.6. The number of phenolic OH excluding ortho intramolecular Hbond substituents is 1. The van der Waals surface area contributed by atoms with Crippen LogP contribution in [-0.4, -0.2) is 84.6 Å². The van der Waals surface area contributed by atoms with Gasteiger partial charge in [-0.3, -0.25) is 0 Å². The van der Waals surface area contributed by atoms with E-state index in [2.05, 4.69) is 21.0 Å². The zero-order chi connectivity index (χ0) is 31.0. The Labute approximate surface area is 267 Å². The van der Waals surface area contributed by atoms with Crippen molar-refractivity contribution in [2.45, 2.75) is 37.8 Å². The highest BCUT2D eigenvalue weighted by Gasteiger charge is 2.48. The van der Waals surface area contributed by atoms with E-state index in [1.807, 2.05) is 24.3 Å². The molecule has 4 aliphatic heterocycles. The summed E-state index contributed by atoms with van der Waals surface area (Å²) in [4.78, 5) is 14.6. The van der Waals surface area contributed by atoms with E-state index >= 15 is 4.39 Å². The zero-order valence-corrected chi connectivity index (χ0v) is 25.8. The van der Waals surface area contributed by atoms with Gasteiger partial charge in [0.25, 0.3) is 0 Å². The summed E-state index contributed by atoms with van der Waals surface area (Å²) in [6.45, 7) is 7.06. The van der Waals surface area contributed by atoms with Crippen LogP contribution in [0, 0.1) is 35.4 Å². The lowest BCUT2D eigenvalue weighted by molar-refractivity contribution is 0.131. The highest BCUT2D eigenvalue weighted by atomic mass is 19.1. The van der Waals surface area contributed by atoms with Crippen LogP contribution in [0.15, 0.2) is 42.5 Å². The van der Waals surface area contributed by atoms with Crippen molar-refractivity contribution in [1.82, 2.24) is 20.2 Å². The Bertz CT molecular complexity index is 1880. The number of phenols is 1. The number of aromatic nitrogens is 2. The van der Waals surface area contributed by atoms with Gasteiger partial charge in [-0.25, -0.2) is 4.39 Å². The number of benzene rings is 3. The number of ether oxygens (including phenoxy) is 2. The second kappa shape index (κ2) is 10.8. The molecule has 0 radical (unpaired) electrons. The fraction of sp³-hybridized carbons (Fsp3) is 0.459. The molecule has 1 saturated carbocycles. The molecule has 9 heteroatoms. The van der Waals surface area contributed by atoms with Crippen molar-refractivity contribution in [2.75, 3.05) is 57.4 Å². The molecular weight excluding hydrogens is 581 g/mol. The van der Waals surface area contributed by atoms with Gasteiger partial charge in [-0.15, -0.1) is 6.42 Å². The molecule has 8 nitrogen and oxygen atoms in total. The van der Waals surface area contributed by atoms with Crippen LogP contribution in [0.4, 0.5) is 10.2 Å². The predicted molar refractivity (Wildman–Crippen MR) is 176 cm³/mol. The average molecular weight is 620 g/mol. The summed E-state index contributed by atoms with van der Waals surface area (Å²) < 4.78 is 29.0. The fourth-order valence-corrected chi connectivity index (χ4v) is 8.48. The lowest BCUT2D eigenvalue weighted by Crippen LogP contribution is -2.51. The van der Waals surface area contributed by atoms with Gasteiger partial charge in [0.2, 0.25) is 0 Å². The minimum atomic E-state index is -0.477. The van der Waals surface area contributed by atoms with Crippen molar-refractivity contribution in [2.24, 2.45) is 17.3 Å². The Balaban J connectivity index is 1.10. The van der Waals surface area contributed by atoms with E-state index in [1.54, 1.807) is 18.2 Å². The number of anilines is 1. The van der Waals surface area contributed by atoms with Crippen LogP contribution >= 0.6 is 0 Å². The number of rotatable bonds is 7. The average Bonchev–Trinajstić information content (AvgIpc) is 3.30. The Morgan fingerprint density at radius 3 is 2.54 bits per heavy atom. The maximum Gasteiger partial charge on any atom is 0.319 e. The maximum absolute atomic E-state index is 16.9. The highest BCUT2D eigenvalue weighted by Crippen LogP contribution is 2.48. The first kappa shape index (κ1) is 28.3. The second-order valence-corrected chi connectivity index (χ2v) is 14.3. The number of nitrogens with one attached hydrogen (secondary N) is 1. The number of terminal acetylenes is 1. The first-order chi connectivity index (χ1) is 22.4. The number of piperazine rings is 1. The monoisotopic (exact) mass is 619 g/mol. The number of fused-ring (bicyclic) bond motifs is 5. The minimum absolute atomic E-state index is 0.0451. The first-order valence-corrected chi connectivity index (χ1v) is 16.6. The Kier molecular flexibility index (Phi) is 6.64. The number of hydrogen-bond donors (Lipinski definition) is 2. The van der Waals surface area contributed by atoms with E-state index in [4.69, 9.17) is 25.9 Å². The van der Waals surface area contributed by atoms with E-state index in [0.29, 0.717) is 58.4 Å². The number of hydrogen-bond acceptors (Lipinski definition) is 8. The Morgan fingerprint density at radius 1 is 1.02 bits per heavy atom. The Hall–Kier alpha value is -3.97.